The van der Waals surface area contributed by atoms with Gasteiger partial charge in [-0.1, -0.05) is 19.3 Å². The Kier molecular flexibility index (Phi) is 2.66. The van der Waals surface area contributed by atoms with Crippen molar-refractivity contribution in [2.75, 3.05) is 6.61 Å². The lowest BCUT2D eigenvalue weighted by molar-refractivity contribution is -0.0322. The quantitative estimate of drug-likeness (QED) is 0.605. The Bertz CT molecular complexity index is 137. The summed E-state index contributed by atoms with van der Waals surface area (Å²) in [4.78, 5) is 0. The van der Waals surface area contributed by atoms with Crippen LogP contribution < -0.4 is 0 Å². The first-order valence-electron chi connectivity index (χ1n) is 5.13. The summed E-state index contributed by atoms with van der Waals surface area (Å²) in [5, 5.41) is 0. The minimum Gasteiger partial charge on any atom is -0.372 e. The van der Waals surface area contributed by atoms with Crippen LogP contribution in [0.5, 0.6) is 0 Å². The zero-order valence-electron chi connectivity index (χ0n) is 7.79. The molecule has 2 rings (SSSR count). The van der Waals surface area contributed by atoms with Crippen LogP contribution in [0.4, 0.5) is 0 Å². The molecule has 0 aromatic carbocycles. The minimum atomic E-state index is 0.327. The van der Waals surface area contributed by atoms with Crippen LogP contribution in [0.1, 0.15) is 39.0 Å². The number of hydrogen-bond acceptors (Lipinski definition) is 2. The zero-order valence-corrected chi connectivity index (χ0v) is 7.79. The monoisotopic (exact) mass is 170 g/mol. The van der Waals surface area contributed by atoms with Gasteiger partial charge in [-0.2, -0.15) is 0 Å². The number of hydrogen-bond donors (Lipinski definition) is 0. The molecule has 2 aliphatic rings. The van der Waals surface area contributed by atoms with E-state index in [4.69, 9.17) is 9.47 Å². The molecule has 70 valence electrons. The normalized spacial score (nSPS) is 33.2. The highest BCUT2D eigenvalue weighted by Gasteiger charge is 2.32. The highest BCUT2D eigenvalue weighted by Crippen LogP contribution is 2.25. The van der Waals surface area contributed by atoms with E-state index < -0.39 is 0 Å². The van der Waals surface area contributed by atoms with Crippen LogP contribution in [-0.4, -0.2) is 24.9 Å². The standard InChI is InChI=1S/C10H18O2/c1-8(10-7-11-10)12-9-5-3-2-4-6-9/h8-10H,2-7H2,1H3/t8-,10+/m0/s1. The summed E-state index contributed by atoms with van der Waals surface area (Å²) in [6.45, 7) is 3.04. The minimum absolute atomic E-state index is 0.327. The van der Waals surface area contributed by atoms with Crippen molar-refractivity contribution in [2.24, 2.45) is 0 Å². The van der Waals surface area contributed by atoms with E-state index in [1.54, 1.807) is 0 Å². The Hall–Kier alpha value is -0.0800. The third-order valence-electron chi connectivity index (χ3n) is 2.84. The van der Waals surface area contributed by atoms with Gasteiger partial charge in [-0.15, -0.1) is 0 Å². The topological polar surface area (TPSA) is 21.8 Å². The maximum atomic E-state index is 5.89. The van der Waals surface area contributed by atoms with Crippen LogP contribution in [0.3, 0.4) is 0 Å². The van der Waals surface area contributed by atoms with E-state index in [1.165, 1.54) is 32.1 Å². The first kappa shape index (κ1) is 8.52. The van der Waals surface area contributed by atoms with Crippen LogP contribution in [0, 0.1) is 0 Å². The van der Waals surface area contributed by atoms with Crippen LogP contribution in [0.25, 0.3) is 0 Å². The molecule has 0 bridgehead atoms. The van der Waals surface area contributed by atoms with Gasteiger partial charge in [0.2, 0.25) is 0 Å². The first-order chi connectivity index (χ1) is 5.86. The SMILES string of the molecule is C[C@H](OC1CCCCC1)[C@H]1CO1. The van der Waals surface area contributed by atoms with Gasteiger partial charge in [0.05, 0.1) is 18.8 Å². The molecule has 2 fully saturated rings. The summed E-state index contributed by atoms with van der Waals surface area (Å²) in [5.41, 5.74) is 0. The molecule has 0 aromatic heterocycles. The summed E-state index contributed by atoms with van der Waals surface area (Å²) in [5.74, 6) is 0. The predicted octanol–water partition coefficient (Wildman–Crippen LogP) is 2.12. The molecule has 0 radical (unpaired) electrons. The van der Waals surface area contributed by atoms with E-state index >= 15 is 0 Å². The average Bonchev–Trinajstić information content (AvgIpc) is 2.88. The van der Waals surface area contributed by atoms with Gasteiger partial charge in [0.15, 0.2) is 0 Å². The third kappa shape index (κ3) is 2.20. The van der Waals surface area contributed by atoms with Crippen molar-refractivity contribution in [3.63, 3.8) is 0 Å². The van der Waals surface area contributed by atoms with Crippen LogP contribution >= 0.6 is 0 Å². The number of ether oxygens (including phenoxy) is 2. The summed E-state index contributed by atoms with van der Waals surface area (Å²) >= 11 is 0. The van der Waals surface area contributed by atoms with E-state index in [2.05, 4.69) is 6.92 Å². The molecule has 0 spiro atoms. The third-order valence-corrected chi connectivity index (χ3v) is 2.84. The van der Waals surface area contributed by atoms with Gasteiger partial charge in [-0.3, -0.25) is 0 Å². The van der Waals surface area contributed by atoms with Crippen LogP contribution in [-0.2, 0) is 9.47 Å². The lowest BCUT2D eigenvalue weighted by Crippen LogP contribution is -2.25. The highest BCUT2D eigenvalue weighted by molar-refractivity contribution is 4.78. The fraction of sp³-hybridized carbons (Fsp3) is 1.00. The molecule has 0 aromatic rings. The summed E-state index contributed by atoms with van der Waals surface area (Å²) in [6, 6.07) is 0. The van der Waals surface area contributed by atoms with Crippen LogP contribution in [0.15, 0.2) is 0 Å². The molecule has 1 saturated carbocycles. The molecule has 0 unspecified atom stereocenters. The molecule has 1 heterocycles. The molecule has 1 saturated heterocycles. The Labute approximate surface area is 74.2 Å². The van der Waals surface area contributed by atoms with E-state index in [9.17, 15) is 0 Å². The van der Waals surface area contributed by atoms with Crippen molar-refractivity contribution in [3.8, 4) is 0 Å². The van der Waals surface area contributed by atoms with Gasteiger partial charge in [0, 0.05) is 0 Å². The Balaban J connectivity index is 1.69. The maximum absolute atomic E-state index is 5.89. The highest BCUT2D eigenvalue weighted by atomic mass is 16.6. The van der Waals surface area contributed by atoms with E-state index in [1.807, 2.05) is 0 Å². The summed E-state index contributed by atoms with van der Waals surface area (Å²) in [6.07, 6.45) is 7.88. The van der Waals surface area contributed by atoms with Gasteiger partial charge in [-0.05, 0) is 19.8 Å². The average molecular weight is 170 g/mol. The van der Waals surface area contributed by atoms with Gasteiger partial charge in [0.1, 0.15) is 6.10 Å². The van der Waals surface area contributed by atoms with Crippen molar-refractivity contribution in [2.45, 2.75) is 57.3 Å². The molecule has 2 atom stereocenters. The molecular weight excluding hydrogens is 152 g/mol. The van der Waals surface area contributed by atoms with E-state index in [0.29, 0.717) is 18.3 Å². The second kappa shape index (κ2) is 3.75. The second-order valence-corrected chi connectivity index (χ2v) is 3.97. The fourth-order valence-electron chi connectivity index (χ4n) is 1.92. The molecular formula is C10H18O2. The first-order valence-corrected chi connectivity index (χ1v) is 5.13. The van der Waals surface area contributed by atoms with Crippen molar-refractivity contribution in [3.05, 3.63) is 0 Å². The summed E-state index contributed by atoms with van der Waals surface area (Å²) in [7, 11) is 0. The predicted molar refractivity (Wildman–Crippen MR) is 47.2 cm³/mol. The Morgan fingerprint density at radius 1 is 1.25 bits per heavy atom. The number of rotatable bonds is 3. The summed E-state index contributed by atoms with van der Waals surface area (Å²) < 4.78 is 11.1. The lowest BCUT2D eigenvalue weighted by Gasteiger charge is -2.24. The second-order valence-electron chi connectivity index (χ2n) is 3.97. The molecule has 1 aliphatic carbocycles. The number of epoxide rings is 1. The Morgan fingerprint density at radius 3 is 2.50 bits per heavy atom. The van der Waals surface area contributed by atoms with E-state index in [-0.39, 0.29) is 0 Å². The molecule has 1 aliphatic heterocycles. The van der Waals surface area contributed by atoms with E-state index in [0.717, 1.165) is 6.61 Å². The van der Waals surface area contributed by atoms with Crippen molar-refractivity contribution >= 4 is 0 Å². The van der Waals surface area contributed by atoms with Crippen molar-refractivity contribution in [1.82, 2.24) is 0 Å². The van der Waals surface area contributed by atoms with Gasteiger partial charge < -0.3 is 9.47 Å². The zero-order chi connectivity index (χ0) is 8.39. The van der Waals surface area contributed by atoms with Crippen molar-refractivity contribution < 1.29 is 9.47 Å². The molecule has 0 amide bonds. The Morgan fingerprint density at radius 2 is 1.92 bits per heavy atom. The molecule has 0 N–H and O–H groups in total. The van der Waals surface area contributed by atoms with Crippen molar-refractivity contribution in [1.29, 1.82) is 0 Å². The molecule has 2 nitrogen and oxygen atoms in total. The fourth-order valence-corrected chi connectivity index (χ4v) is 1.92. The van der Waals surface area contributed by atoms with Crippen LogP contribution in [0.2, 0.25) is 0 Å². The van der Waals surface area contributed by atoms with Gasteiger partial charge >= 0.3 is 0 Å². The molecule has 2 heteroatoms. The lowest BCUT2D eigenvalue weighted by atomic mass is 9.97. The smallest absolute Gasteiger partial charge is 0.107 e. The van der Waals surface area contributed by atoms with Gasteiger partial charge in [-0.25, -0.2) is 0 Å². The molecule has 12 heavy (non-hydrogen) atoms. The maximum Gasteiger partial charge on any atom is 0.107 e. The largest absolute Gasteiger partial charge is 0.372 e. The van der Waals surface area contributed by atoms with Gasteiger partial charge in [0.25, 0.3) is 0 Å².